The second-order valence-corrected chi connectivity index (χ2v) is 8.24. The Morgan fingerprint density at radius 2 is 1.85 bits per heavy atom. The molecule has 0 aliphatic heterocycles. The van der Waals surface area contributed by atoms with E-state index in [1.54, 1.807) is 49.4 Å². The lowest BCUT2D eigenvalue weighted by Gasteiger charge is -2.21. The first-order valence-electron chi connectivity index (χ1n) is 10.7. The molecule has 3 aromatic rings. The molecule has 0 amide bonds. The summed E-state index contributed by atoms with van der Waals surface area (Å²) in [4.78, 5) is 28.1. The van der Waals surface area contributed by atoms with Crippen LogP contribution in [0.15, 0.2) is 60.8 Å². The van der Waals surface area contributed by atoms with Crippen molar-refractivity contribution in [2.45, 2.75) is 25.7 Å². The summed E-state index contributed by atoms with van der Waals surface area (Å²) in [5.41, 5.74) is 2.10. The van der Waals surface area contributed by atoms with Crippen LogP contribution in [0.1, 0.15) is 41.6 Å². The Balaban J connectivity index is 1.51. The topological polar surface area (TPSA) is 85.7 Å². The van der Waals surface area contributed by atoms with Gasteiger partial charge in [-0.25, -0.2) is 14.2 Å². The number of aromatic nitrogens is 1. The number of aliphatic carboxylic acids is 1. The number of carbonyl (C=O) groups is 2. The number of esters is 1. The van der Waals surface area contributed by atoms with Gasteiger partial charge in [-0.05, 0) is 60.1 Å². The number of pyridine rings is 1. The minimum atomic E-state index is -0.844. The average molecular weight is 449 g/mol. The van der Waals surface area contributed by atoms with Crippen molar-refractivity contribution in [1.82, 2.24) is 4.98 Å². The molecule has 2 aromatic carbocycles. The third kappa shape index (κ3) is 5.03. The maximum Gasteiger partial charge on any atom is 0.343 e. The highest BCUT2D eigenvalue weighted by molar-refractivity contribution is 5.91. The second-order valence-electron chi connectivity index (χ2n) is 8.24. The Hall–Kier alpha value is -3.74. The minimum Gasteiger partial charge on any atom is -0.481 e. The Bertz CT molecular complexity index is 1170. The maximum absolute atomic E-state index is 14.2. The van der Waals surface area contributed by atoms with Crippen LogP contribution < -0.4 is 9.47 Å². The van der Waals surface area contributed by atoms with Crippen LogP contribution in [0.5, 0.6) is 11.6 Å². The van der Waals surface area contributed by atoms with Crippen molar-refractivity contribution in [3.05, 3.63) is 77.7 Å². The molecule has 1 saturated carbocycles. The highest BCUT2D eigenvalue weighted by atomic mass is 19.1. The van der Waals surface area contributed by atoms with E-state index in [0.29, 0.717) is 34.2 Å². The molecule has 1 N–H and O–H groups in total. The van der Waals surface area contributed by atoms with Crippen molar-refractivity contribution in [1.29, 1.82) is 0 Å². The van der Waals surface area contributed by atoms with Gasteiger partial charge in [-0.15, -0.1) is 0 Å². The molecular formula is C26H24FNO5. The maximum atomic E-state index is 14.2. The molecular weight excluding hydrogens is 425 g/mol. The second kappa shape index (κ2) is 9.40. The Labute approximate surface area is 191 Å². The predicted octanol–water partition coefficient (Wildman–Crippen LogP) is 5.33. The largest absolute Gasteiger partial charge is 0.481 e. The average Bonchev–Trinajstić information content (AvgIpc) is 3.65. The van der Waals surface area contributed by atoms with Gasteiger partial charge in [0, 0.05) is 11.6 Å². The summed E-state index contributed by atoms with van der Waals surface area (Å²) in [6, 6.07) is 14.9. The van der Waals surface area contributed by atoms with Gasteiger partial charge in [0.15, 0.2) is 0 Å². The van der Waals surface area contributed by atoms with Crippen molar-refractivity contribution in [2.24, 2.45) is 11.8 Å². The van der Waals surface area contributed by atoms with Gasteiger partial charge >= 0.3 is 11.9 Å². The van der Waals surface area contributed by atoms with Gasteiger partial charge in [0.05, 0.1) is 24.8 Å². The van der Waals surface area contributed by atoms with Crippen LogP contribution in [0, 0.1) is 17.7 Å². The zero-order valence-corrected chi connectivity index (χ0v) is 18.3. The molecule has 2 atom stereocenters. The molecule has 0 radical (unpaired) electrons. The van der Waals surface area contributed by atoms with E-state index in [2.05, 4.69) is 4.98 Å². The number of benzene rings is 2. The monoisotopic (exact) mass is 449 g/mol. The number of carboxylic acids is 1. The SMILES string of the molecule is COc1cc(-c2ccc(OC(=O)c3cccc([C@H](C4CC4)[C@H](C)C(=O)O)c3)cc2)c(F)cn1. The zero-order valence-electron chi connectivity index (χ0n) is 18.3. The number of methoxy groups -OCH3 is 1. The van der Waals surface area contributed by atoms with Crippen LogP contribution in [0.4, 0.5) is 4.39 Å². The van der Waals surface area contributed by atoms with Crippen molar-refractivity contribution >= 4 is 11.9 Å². The van der Waals surface area contributed by atoms with Crippen LogP contribution in [0.2, 0.25) is 0 Å². The Kier molecular flexibility index (Phi) is 6.40. The van der Waals surface area contributed by atoms with Gasteiger partial charge in [0.2, 0.25) is 5.88 Å². The highest BCUT2D eigenvalue weighted by Crippen LogP contribution is 2.46. The number of halogens is 1. The quantitative estimate of drug-likeness (QED) is 0.370. The van der Waals surface area contributed by atoms with Crippen LogP contribution in [-0.2, 0) is 4.79 Å². The zero-order chi connectivity index (χ0) is 23.5. The lowest BCUT2D eigenvalue weighted by molar-refractivity contribution is -0.142. The molecule has 7 heteroatoms. The first-order valence-corrected chi connectivity index (χ1v) is 10.7. The summed E-state index contributed by atoms with van der Waals surface area (Å²) in [6.45, 7) is 1.71. The van der Waals surface area contributed by atoms with Gasteiger partial charge in [-0.3, -0.25) is 4.79 Å². The molecule has 0 saturated heterocycles. The number of hydrogen-bond acceptors (Lipinski definition) is 5. The first kappa shape index (κ1) is 22.5. The summed E-state index contributed by atoms with van der Waals surface area (Å²) >= 11 is 0. The third-order valence-electron chi connectivity index (χ3n) is 5.98. The van der Waals surface area contributed by atoms with E-state index in [1.165, 1.54) is 13.2 Å². The highest BCUT2D eigenvalue weighted by Gasteiger charge is 2.38. The summed E-state index contributed by atoms with van der Waals surface area (Å²) in [5, 5.41) is 9.49. The normalized spacial score (nSPS) is 14.9. The minimum absolute atomic E-state index is 0.137. The van der Waals surface area contributed by atoms with Crippen LogP contribution in [-0.4, -0.2) is 29.1 Å². The predicted molar refractivity (Wildman–Crippen MR) is 120 cm³/mol. The molecule has 1 aromatic heterocycles. The van der Waals surface area contributed by atoms with E-state index in [0.717, 1.165) is 24.6 Å². The van der Waals surface area contributed by atoms with Gasteiger partial charge in [0.25, 0.3) is 0 Å². The molecule has 170 valence electrons. The lowest BCUT2D eigenvalue weighted by Crippen LogP contribution is -2.21. The number of nitrogens with zero attached hydrogens (tertiary/aromatic N) is 1. The fraction of sp³-hybridized carbons (Fsp3) is 0.269. The van der Waals surface area contributed by atoms with E-state index < -0.39 is 23.7 Å². The molecule has 0 unspecified atom stereocenters. The molecule has 0 spiro atoms. The van der Waals surface area contributed by atoms with Crippen molar-refractivity contribution in [3.8, 4) is 22.8 Å². The molecule has 1 aliphatic rings. The first-order chi connectivity index (χ1) is 15.9. The van der Waals surface area contributed by atoms with Crippen LogP contribution in [0.3, 0.4) is 0 Å². The summed E-state index contributed by atoms with van der Waals surface area (Å²) < 4.78 is 24.7. The van der Waals surface area contributed by atoms with Crippen molar-refractivity contribution < 1.29 is 28.6 Å². The molecule has 1 fully saturated rings. The van der Waals surface area contributed by atoms with Crippen molar-refractivity contribution in [3.63, 3.8) is 0 Å². The number of hydrogen-bond donors (Lipinski definition) is 1. The summed E-state index contributed by atoms with van der Waals surface area (Å²) in [6.07, 6.45) is 3.08. The van der Waals surface area contributed by atoms with E-state index in [1.807, 2.05) is 6.07 Å². The van der Waals surface area contributed by atoms with E-state index in [9.17, 15) is 19.1 Å². The lowest BCUT2D eigenvalue weighted by atomic mass is 9.83. The number of carbonyl (C=O) groups excluding carboxylic acids is 1. The summed E-state index contributed by atoms with van der Waals surface area (Å²) in [7, 11) is 1.46. The number of rotatable bonds is 8. The van der Waals surface area contributed by atoms with Gasteiger partial charge in [-0.1, -0.05) is 31.2 Å². The van der Waals surface area contributed by atoms with Crippen LogP contribution in [0.25, 0.3) is 11.1 Å². The van der Waals surface area contributed by atoms with Crippen LogP contribution >= 0.6 is 0 Å². The van der Waals surface area contributed by atoms with E-state index in [4.69, 9.17) is 9.47 Å². The fourth-order valence-corrected chi connectivity index (χ4v) is 4.07. The molecule has 33 heavy (non-hydrogen) atoms. The van der Waals surface area contributed by atoms with Gasteiger partial charge in [-0.2, -0.15) is 0 Å². The smallest absolute Gasteiger partial charge is 0.343 e. The molecule has 4 rings (SSSR count). The Morgan fingerprint density at radius 3 is 2.48 bits per heavy atom. The molecule has 1 heterocycles. The number of ether oxygens (including phenoxy) is 2. The molecule has 0 bridgehead atoms. The van der Waals surface area contributed by atoms with Crippen molar-refractivity contribution in [2.75, 3.05) is 7.11 Å². The number of carboxylic acid groups (broad SMARTS) is 1. The molecule has 1 aliphatic carbocycles. The van der Waals surface area contributed by atoms with E-state index in [-0.39, 0.29) is 5.92 Å². The third-order valence-corrected chi connectivity index (χ3v) is 5.98. The van der Waals surface area contributed by atoms with Gasteiger partial charge in [0.1, 0.15) is 11.6 Å². The Morgan fingerprint density at radius 1 is 1.12 bits per heavy atom. The molecule has 6 nitrogen and oxygen atoms in total. The van der Waals surface area contributed by atoms with E-state index >= 15 is 0 Å². The standard InChI is InChI=1S/C26H24FNO5/c1-15(25(29)30)24(17-6-7-17)18-4-3-5-19(12-18)26(31)33-20-10-8-16(9-11-20)21-13-23(32-2)28-14-22(21)27/h3-5,8-15,17,24H,6-7H2,1-2H3,(H,29,30)/t15-,24-/m0/s1. The summed E-state index contributed by atoms with van der Waals surface area (Å²) in [5.74, 6) is -1.62. The van der Waals surface area contributed by atoms with Gasteiger partial charge < -0.3 is 14.6 Å². The fourth-order valence-electron chi connectivity index (χ4n) is 4.07.